The maximum Gasteiger partial charge on any atom is 0.255 e. The molecule has 4 aromatic rings. The summed E-state index contributed by atoms with van der Waals surface area (Å²) in [6, 6.07) is 11.2. The lowest BCUT2D eigenvalue weighted by Gasteiger charge is -2.35. The Labute approximate surface area is 191 Å². The van der Waals surface area contributed by atoms with Gasteiger partial charge in [0.25, 0.3) is 5.56 Å². The van der Waals surface area contributed by atoms with Gasteiger partial charge in [-0.1, -0.05) is 6.07 Å². The maximum atomic E-state index is 13.0. The smallest absolute Gasteiger partial charge is 0.255 e. The molecule has 5 rings (SSSR count). The zero-order valence-corrected chi connectivity index (χ0v) is 19.1. The topological polar surface area (TPSA) is 110 Å². The summed E-state index contributed by atoms with van der Waals surface area (Å²) < 4.78 is 1.76. The molecule has 1 amide bonds. The van der Waals surface area contributed by atoms with E-state index in [0.717, 1.165) is 27.7 Å². The molecule has 0 saturated carbocycles. The van der Waals surface area contributed by atoms with Crippen molar-refractivity contribution in [1.82, 2.24) is 19.5 Å². The molecule has 0 unspecified atom stereocenters. The predicted molar refractivity (Wildman–Crippen MR) is 129 cm³/mol. The molecule has 3 N–H and O–H groups in total. The molecular weight excluding hydrogens is 416 g/mol. The number of anilines is 1. The summed E-state index contributed by atoms with van der Waals surface area (Å²) >= 11 is 0. The largest absolute Gasteiger partial charge is 0.366 e. The van der Waals surface area contributed by atoms with Crippen molar-refractivity contribution in [3.05, 3.63) is 64.7 Å². The van der Waals surface area contributed by atoms with Crippen LogP contribution in [0.4, 0.5) is 5.95 Å². The molecule has 1 aliphatic rings. The molecule has 0 aliphatic carbocycles. The van der Waals surface area contributed by atoms with Crippen LogP contribution in [0.1, 0.15) is 38.1 Å². The van der Waals surface area contributed by atoms with E-state index in [1.165, 1.54) is 6.20 Å². The average molecular weight is 443 g/mol. The summed E-state index contributed by atoms with van der Waals surface area (Å²) in [6.07, 6.45) is 3.36. The van der Waals surface area contributed by atoms with Gasteiger partial charge in [0, 0.05) is 46.5 Å². The molecule has 168 valence electrons. The molecular formula is C25H26N6O2. The van der Waals surface area contributed by atoms with Gasteiger partial charge in [0.2, 0.25) is 11.9 Å². The number of carbonyl (C=O) groups excluding carboxylic acids is 1. The van der Waals surface area contributed by atoms with Gasteiger partial charge >= 0.3 is 0 Å². The van der Waals surface area contributed by atoms with Gasteiger partial charge in [0.15, 0.2) is 0 Å². The van der Waals surface area contributed by atoms with Crippen molar-refractivity contribution in [1.29, 1.82) is 0 Å². The zero-order valence-electron chi connectivity index (χ0n) is 19.1. The highest BCUT2D eigenvalue weighted by Gasteiger charge is 2.39. The molecule has 4 heterocycles. The van der Waals surface area contributed by atoms with E-state index in [1.54, 1.807) is 22.8 Å². The highest BCUT2D eigenvalue weighted by atomic mass is 16.1. The third kappa shape index (κ3) is 3.38. The summed E-state index contributed by atoms with van der Waals surface area (Å²) in [6.45, 7) is 9.11. The number of fused-ring (bicyclic) bond motifs is 2. The molecule has 0 atom stereocenters. The number of aromatic nitrogens is 4. The molecule has 0 spiro atoms. The average Bonchev–Trinajstić information content (AvgIpc) is 3.30. The lowest BCUT2D eigenvalue weighted by Crippen LogP contribution is -2.45. The normalized spacial score (nSPS) is 14.8. The molecule has 0 radical (unpaired) electrons. The van der Waals surface area contributed by atoms with E-state index in [1.807, 2.05) is 24.4 Å². The van der Waals surface area contributed by atoms with Crippen LogP contribution in [0, 0.1) is 0 Å². The van der Waals surface area contributed by atoms with Crippen molar-refractivity contribution >= 4 is 22.8 Å². The first-order valence-electron chi connectivity index (χ1n) is 10.9. The summed E-state index contributed by atoms with van der Waals surface area (Å²) in [5.41, 5.74) is 9.48. The molecule has 3 aromatic heterocycles. The Bertz CT molecular complexity index is 1450. The van der Waals surface area contributed by atoms with Gasteiger partial charge in [-0.15, -0.1) is 0 Å². The minimum atomic E-state index is -0.509. The summed E-state index contributed by atoms with van der Waals surface area (Å²) in [5, 5.41) is 0.943. The molecule has 1 aliphatic heterocycles. The molecule has 0 saturated heterocycles. The number of hydrogen-bond donors (Lipinski definition) is 2. The fraction of sp³-hybridized carbons (Fsp3) is 0.280. The second-order valence-corrected chi connectivity index (χ2v) is 9.40. The van der Waals surface area contributed by atoms with E-state index in [4.69, 9.17) is 10.7 Å². The van der Waals surface area contributed by atoms with Gasteiger partial charge in [-0.05, 0) is 52.0 Å². The number of amides is 1. The number of nitrogens with one attached hydrogen (secondary N) is 1. The highest BCUT2D eigenvalue weighted by molar-refractivity contribution is 5.97. The minimum absolute atomic E-state index is 0.0552. The van der Waals surface area contributed by atoms with E-state index >= 15 is 0 Å². The van der Waals surface area contributed by atoms with Crippen LogP contribution in [0.15, 0.2) is 53.6 Å². The van der Waals surface area contributed by atoms with E-state index in [-0.39, 0.29) is 17.1 Å². The number of nitrogens with zero attached hydrogens (tertiary/aromatic N) is 4. The Morgan fingerprint density at radius 2 is 1.94 bits per heavy atom. The molecule has 33 heavy (non-hydrogen) atoms. The summed E-state index contributed by atoms with van der Waals surface area (Å²) in [5.74, 6) is 0.191. The summed E-state index contributed by atoms with van der Waals surface area (Å²) in [4.78, 5) is 39.2. The van der Waals surface area contributed by atoms with Crippen LogP contribution in [-0.4, -0.2) is 37.0 Å². The monoisotopic (exact) mass is 442 g/mol. The SMILES string of the molecule is CC(C)N1c2nc(-c3c[nH]c4ccc(-c5ccc(C(N)=O)cn5)cc34)cc(=O)n2CC1(C)C. The van der Waals surface area contributed by atoms with Gasteiger partial charge in [0.05, 0.1) is 29.0 Å². The van der Waals surface area contributed by atoms with E-state index in [0.29, 0.717) is 23.8 Å². The van der Waals surface area contributed by atoms with Crippen LogP contribution in [0.5, 0.6) is 0 Å². The van der Waals surface area contributed by atoms with Crippen molar-refractivity contribution in [2.75, 3.05) is 4.90 Å². The Kier molecular flexibility index (Phi) is 4.63. The van der Waals surface area contributed by atoms with Crippen molar-refractivity contribution in [2.45, 2.75) is 45.8 Å². The number of H-pyrrole nitrogens is 1. The molecule has 1 aromatic carbocycles. The zero-order chi connectivity index (χ0) is 23.5. The minimum Gasteiger partial charge on any atom is -0.366 e. The Morgan fingerprint density at radius 1 is 1.15 bits per heavy atom. The number of hydrogen-bond acceptors (Lipinski definition) is 5. The quantitative estimate of drug-likeness (QED) is 0.502. The van der Waals surface area contributed by atoms with Crippen LogP contribution >= 0.6 is 0 Å². The van der Waals surface area contributed by atoms with Crippen LogP contribution in [-0.2, 0) is 6.54 Å². The van der Waals surface area contributed by atoms with Crippen LogP contribution < -0.4 is 16.2 Å². The first-order valence-corrected chi connectivity index (χ1v) is 10.9. The number of carbonyl (C=O) groups is 1. The van der Waals surface area contributed by atoms with Gasteiger partial charge < -0.3 is 15.6 Å². The molecule has 8 heteroatoms. The van der Waals surface area contributed by atoms with Gasteiger partial charge in [-0.2, -0.15) is 0 Å². The second kappa shape index (κ2) is 7.30. The fourth-order valence-electron chi connectivity index (χ4n) is 4.83. The van der Waals surface area contributed by atoms with Gasteiger partial charge in [-0.3, -0.25) is 19.1 Å². The Balaban J connectivity index is 1.63. The number of pyridine rings is 1. The fourth-order valence-corrected chi connectivity index (χ4v) is 4.83. The third-order valence-electron chi connectivity index (χ3n) is 6.22. The first kappa shape index (κ1) is 20.9. The Hall–Kier alpha value is -3.94. The predicted octanol–water partition coefficient (Wildman–Crippen LogP) is 3.56. The number of benzene rings is 1. The van der Waals surface area contributed by atoms with Crippen LogP contribution in [0.25, 0.3) is 33.4 Å². The number of nitrogens with two attached hydrogens (primary N) is 1. The van der Waals surface area contributed by atoms with Crippen molar-refractivity contribution < 1.29 is 4.79 Å². The van der Waals surface area contributed by atoms with Crippen LogP contribution in [0.3, 0.4) is 0 Å². The van der Waals surface area contributed by atoms with E-state index in [2.05, 4.69) is 42.6 Å². The van der Waals surface area contributed by atoms with E-state index < -0.39 is 5.91 Å². The number of primary amides is 1. The highest BCUT2D eigenvalue weighted by Crippen LogP contribution is 2.36. The molecule has 8 nitrogen and oxygen atoms in total. The summed E-state index contributed by atoms with van der Waals surface area (Å²) in [7, 11) is 0. The molecule has 0 bridgehead atoms. The lowest BCUT2D eigenvalue weighted by molar-refractivity contribution is 0.1000. The maximum absolute atomic E-state index is 13.0. The number of rotatable bonds is 4. The van der Waals surface area contributed by atoms with Crippen molar-refractivity contribution in [2.24, 2.45) is 5.73 Å². The molecule has 0 fully saturated rings. The van der Waals surface area contributed by atoms with E-state index in [9.17, 15) is 9.59 Å². The standard InChI is InChI=1S/C25H26N6O2/c1-14(2)31-24-29-21(10-22(32)30(24)13-25(31,3)4)18-12-28-20-8-5-15(9-17(18)20)19-7-6-16(11-27-19)23(26)33/h5-12,14,28H,13H2,1-4H3,(H2,26,33). The first-order chi connectivity index (χ1) is 15.7. The van der Waals surface area contributed by atoms with Gasteiger partial charge in [0.1, 0.15) is 0 Å². The van der Waals surface area contributed by atoms with Crippen molar-refractivity contribution in [3.63, 3.8) is 0 Å². The number of aromatic amines is 1. The van der Waals surface area contributed by atoms with Crippen molar-refractivity contribution in [3.8, 4) is 22.5 Å². The second-order valence-electron chi connectivity index (χ2n) is 9.40. The Morgan fingerprint density at radius 3 is 2.61 bits per heavy atom. The van der Waals surface area contributed by atoms with Gasteiger partial charge in [-0.25, -0.2) is 4.98 Å². The third-order valence-corrected chi connectivity index (χ3v) is 6.22. The van der Waals surface area contributed by atoms with Crippen LogP contribution in [0.2, 0.25) is 0 Å². The lowest BCUT2D eigenvalue weighted by atomic mass is 10.0.